The lowest BCUT2D eigenvalue weighted by molar-refractivity contribution is 0.0985. The number of hydrogen-bond acceptors (Lipinski definition) is 9. The van der Waals surface area contributed by atoms with Crippen molar-refractivity contribution in [2.24, 2.45) is 0 Å². The molecule has 218 valence electrons. The van der Waals surface area contributed by atoms with Crippen molar-refractivity contribution in [3.8, 4) is 23.2 Å². The summed E-state index contributed by atoms with van der Waals surface area (Å²) in [6.45, 7) is 3.71. The maximum Gasteiger partial charge on any atom is 0.417 e. The largest absolute Gasteiger partial charge is 0.417 e. The Kier molecular flexibility index (Phi) is 7.56. The number of nitriles is 1. The highest BCUT2D eigenvalue weighted by atomic mass is 32.2. The van der Waals surface area contributed by atoms with Crippen LogP contribution in [0.5, 0.6) is 5.75 Å². The van der Waals surface area contributed by atoms with Crippen LogP contribution in [0.3, 0.4) is 0 Å². The van der Waals surface area contributed by atoms with Gasteiger partial charge in [-0.1, -0.05) is 18.2 Å². The first-order valence-electron chi connectivity index (χ1n) is 13.9. The number of morpholine rings is 1. The van der Waals surface area contributed by atoms with Crippen LogP contribution in [-0.4, -0.2) is 50.3 Å². The van der Waals surface area contributed by atoms with E-state index in [2.05, 4.69) is 10.2 Å². The normalized spacial score (nSPS) is 17.5. The molecule has 1 aromatic heterocycles. The summed E-state index contributed by atoms with van der Waals surface area (Å²) >= 11 is 0. The number of ether oxygens (including phenoxy) is 2. The standard InChI is InChI=1S/C32H29N5O5S/c1-22-21-41-18-17-37(22)29-19-28(32(15-16-32)43(39,40)27-13-7-23(20-33)8-14-27)35-30(36-29)24-9-11-25(12-10-24)34-31(38)42-26-5-3-2-4-6-26/h2-14,19,22H,15-18,21H2,1H3,(H,34,38)/t22-/m0/s1. The fourth-order valence-electron chi connectivity index (χ4n) is 5.16. The summed E-state index contributed by atoms with van der Waals surface area (Å²) in [6.07, 6.45) is 0.233. The van der Waals surface area contributed by atoms with Gasteiger partial charge >= 0.3 is 6.09 Å². The van der Waals surface area contributed by atoms with E-state index in [1.165, 1.54) is 24.3 Å². The first-order chi connectivity index (χ1) is 20.8. The Morgan fingerprint density at radius 2 is 1.77 bits per heavy atom. The molecule has 2 fully saturated rings. The van der Waals surface area contributed by atoms with E-state index in [0.717, 1.165) is 0 Å². The lowest BCUT2D eigenvalue weighted by Crippen LogP contribution is -2.44. The average Bonchev–Trinajstić information content (AvgIpc) is 3.85. The lowest BCUT2D eigenvalue weighted by atomic mass is 10.1. The molecule has 1 aliphatic carbocycles. The minimum absolute atomic E-state index is 0.0387. The van der Waals surface area contributed by atoms with Crippen molar-refractivity contribution in [3.05, 3.63) is 96.2 Å². The van der Waals surface area contributed by atoms with Gasteiger partial charge in [0.25, 0.3) is 0 Å². The Labute approximate surface area is 249 Å². The third kappa shape index (κ3) is 5.67. The number of rotatable bonds is 7. The molecule has 1 atom stereocenters. The highest BCUT2D eigenvalue weighted by molar-refractivity contribution is 7.92. The maximum atomic E-state index is 14.0. The summed E-state index contributed by atoms with van der Waals surface area (Å²) < 4.78 is 37.7. The van der Waals surface area contributed by atoms with Crippen LogP contribution in [0.4, 0.5) is 16.3 Å². The molecule has 6 rings (SSSR count). The van der Waals surface area contributed by atoms with Crippen LogP contribution < -0.4 is 15.0 Å². The van der Waals surface area contributed by atoms with Gasteiger partial charge in [0.1, 0.15) is 16.3 Å². The summed E-state index contributed by atoms with van der Waals surface area (Å²) in [4.78, 5) is 24.3. The van der Waals surface area contributed by atoms with Crippen molar-refractivity contribution < 1.29 is 22.7 Å². The molecule has 1 amide bonds. The van der Waals surface area contributed by atoms with Gasteiger partial charge in [0.2, 0.25) is 0 Å². The molecule has 2 aliphatic rings. The third-order valence-electron chi connectivity index (χ3n) is 7.70. The highest BCUT2D eigenvalue weighted by Gasteiger charge is 2.58. The van der Waals surface area contributed by atoms with Crippen LogP contribution in [0.2, 0.25) is 0 Å². The molecule has 0 spiro atoms. The number of carbonyl (C=O) groups is 1. The Bertz CT molecular complexity index is 1790. The van der Waals surface area contributed by atoms with Gasteiger partial charge in [-0.05, 0) is 80.4 Å². The number of nitrogens with one attached hydrogen (secondary N) is 1. The van der Waals surface area contributed by atoms with Crippen LogP contribution in [0.1, 0.15) is 31.0 Å². The van der Waals surface area contributed by atoms with E-state index in [1.54, 1.807) is 54.6 Å². The predicted molar refractivity (Wildman–Crippen MR) is 160 cm³/mol. The van der Waals surface area contributed by atoms with Crippen molar-refractivity contribution in [3.63, 3.8) is 0 Å². The van der Waals surface area contributed by atoms with Gasteiger partial charge in [0.15, 0.2) is 15.7 Å². The van der Waals surface area contributed by atoms with Crippen LogP contribution in [-0.2, 0) is 19.3 Å². The molecule has 0 unspecified atom stereocenters. The SMILES string of the molecule is C[C@H]1COCCN1c1cc(C2(S(=O)(=O)c3ccc(C#N)cc3)CC2)nc(-c2ccc(NC(=O)Oc3ccccc3)cc2)n1. The molecule has 43 heavy (non-hydrogen) atoms. The number of benzene rings is 3. The highest BCUT2D eigenvalue weighted by Crippen LogP contribution is 2.55. The van der Waals surface area contributed by atoms with Gasteiger partial charge in [-0.3, -0.25) is 5.32 Å². The van der Waals surface area contributed by atoms with Crippen molar-refractivity contribution in [2.45, 2.75) is 35.4 Å². The first-order valence-corrected chi connectivity index (χ1v) is 15.4. The van der Waals surface area contributed by atoms with E-state index in [4.69, 9.17) is 24.7 Å². The van der Waals surface area contributed by atoms with E-state index in [-0.39, 0.29) is 10.9 Å². The molecule has 3 aromatic carbocycles. The van der Waals surface area contributed by atoms with Gasteiger partial charge < -0.3 is 14.4 Å². The third-order valence-corrected chi connectivity index (χ3v) is 10.2. The zero-order valence-corrected chi connectivity index (χ0v) is 24.3. The number of nitrogens with zero attached hydrogens (tertiary/aromatic N) is 4. The van der Waals surface area contributed by atoms with Crippen molar-refractivity contribution in [1.29, 1.82) is 5.26 Å². The van der Waals surface area contributed by atoms with E-state index in [0.29, 0.717) is 72.5 Å². The fraction of sp³-hybridized carbons (Fsp3) is 0.250. The maximum absolute atomic E-state index is 14.0. The number of sulfone groups is 1. The van der Waals surface area contributed by atoms with Gasteiger partial charge in [-0.15, -0.1) is 0 Å². The Balaban J connectivity index is 1.33. The summed E-state index contributed by atoms with van der Waals surface area (Å²) in [5.74, 6) is 1.44. The number of para-hydroxylation sites is 1. The molecule has 10 nitrogen and oxygen atoms in total. The molecule has 0 radical (unpaired) electrons. The van der Waals surface area contributed by atoms with Crippen molar-refractivity contribution >= 4 is 27.4 Å². The molecule has 0 bridgehead atoms. The average molecular weight is 596 g/mol. The number of anilines is 2. The fourth-order valence-corrected chi connectivity index (χ4v) is 7.13. The summed E-state index contributed by atoms with van der Waals surface area (Å²) in [5.41, 5.74) is 2.01. The quantitative estimate of drug-likeness (QED) is 0.301. The molecule has 11 heteroatoms. The summed E-state index contributed by atoms with van der Waals surface area (Å²) in [6, 6.07) is 25.6. The lowest BCUT2D eigenvalue weighted by Gasteiger charge is -2.34. The van der Waals surface area contributed by atoms with E-state index < -0.39 is 20.7 Å². The van der Waals surface area contributed by atoms with Gasteiger partial charge in [-0.2, -0.15) is 5.26 Å². The second kappa shape index (κ2) is 11.5. The molecule has 1 aliphatic heterocycles. The number of amides is 1. The molecule has 2 heterocycles. The first kappa shape index (κ1) is 28.3. The molecule has 1 saturated carbocycles. The summed E-state index contributed by atoms with van der Waals surface area (Å²) in [5, 5.41) is 11.9. The molecule has 1 N–H and O–H groups in total. The predicted octanol–water partition coefficient (Wildman–Crippen LogP) is 5.31. The topological polar surface area (TPSA) is 135 Å². The minimum Gasteiger partial charge on any atom is -0.410 e. The van der Waals surface area contributed by atoms with E-state index >= 15 is 0 Å². The second-order valence-electron chi connectivity index (χ2n) is 10.6. The number of carbonyl (C=O) groups excluding carboxylic acids is 1. The van der Waals surface area contributed by atoms with Gasteiger partial charge in [0.05, 0.1) is 41.5 Å². The molecular formula is C32H29N5O5S. The van der Waals surface area contributed by atoms with Crippen LogP contribution in [0.15, 0.2) is 89.8 Å². The Morgan fingerprint density at radius 3 is 2.42 bits per heavy atom. The molecule has 4 aromatic rings. The van der Waals surface area contributed by atoms with Gasteiger partial charge in [-0.25, -0.2) is 23.2 Å². The second-order valence-corrected chi connectivity index (χ2v) is 12.9. The van der Waals surface area contributed by atoms with E-state index in [1.807, 2.05) is 19.1 Å². The minimum atomic E-state index is -3.82. The molecular weight excluding hydrogens is 566 g/mol. The van der Waals surface area contributed by atoms with Crippen LogP contribution >= 0.6 is 0 Å². The smallest absolute Gasteiger partial charge is 0.410 e. The number of aromatic nitrogens is 2. The summed E-state index contributed by atoms with van der Waals surface area (Å²) in [7, 11) is -3.82. The zero-order chi connectivity index (χ0) is 30.0. The van der Waals surface area contributed by atoms with Crippen LogP contribution in [0.25, 0.3) is 11.4 Å². The monoisotopic (exact) mass is 595 g/mol. The van der Waals surface area contributed by atoms with Crippen molar-refractivity contribution in [1.82, 2.24) is 9.97 Å². The Morgan fingerprint density at radius 1 is 1.05 bits per heavy atom. The zero-order valence-electron chi connectivity index (χ0n) is 23.4. The molecule has 1 saturated heterocycles. The van der Waals surface area contributed by atoms with Crippen LogP contribution in [0, 0.1) is 11.3 Å². The van der Waals surface area contributed by atoms with Crippen molar-refractivity contribution in [2.75, 3.05) is 30.0 Å². The Hall–Kier alpha value is -4.79. The van der Waals surface area contributed by atoms with E-state index in [9.17, 15) is 13.2 Å². The number of hydrogen-bond donors (Lipinski definition) is 1. The van der Waals surface area contributed by atoms with Gasteiger partial charge in [0, 0.05) is 23.9 Å².